The number of nitrogens with one attached hydrogen (secondary N) is 1. The third kappa shape index (κ3) is 4.13. The van der Waals surface area contributed by atoms with E-state index in [-0.39, 0.29) is 0 Å². The van der Waals surface area contributed by atoms with E-state index >= 15 is 0 Å². The van der Waals surface area contributed by atoms with Crippen molar-refractivity contribution in [1.29, 1.82) is 0 Å². The molecule has 0 spiro atoms. The highest BCUT2D eigenvalue weighted by Crippen LogP contribution is 2.35. The van der Waals surface area contributed by atoms with Crippen molar-refractivity contribution in [3.8, 4) is 0 Å². The molecule has 3 atom stereocenters. The topological polar surface area (TPSA) is 50.9 Å². The van der Waals surface area contributed by atoms with E-state index in [1.807, 2.05) is 6.20 Å². The first-order valence-corrected chi connectivity index (χ1v) is 9.51. The Labute approximate surface area is 130 Å². The quantitative estimate of drug-likeness (QED) is 0.625. The van der Waals surface area contributed by atoms with Gasteiger partial charge in [0.05, 0.1) is 0 Å². The summed E-state index contributed by atoms with van der Waals surface area (Å²) < 4.78 is 0. The number of nitrogens with two attached hydrogens (primary N) is 1. The van der Waals surface area contributed by atoms with Gasteiger partial charge in [0, 0.05) is 46.4 Å². The van der Waals surface area contributed by atoms with Crippen LogP contribution in [0.15, 0.2) is 18.3 Å². The number of hydrogen-bond acceptors (Lipinski definition) is 5. The molecular formula is C15H25N3S2. The predicted octanol–water partition coefficient (Wildman–Crippen LogP) is 2.65. The van der Waals surface area contributed by atoms with Crippen LogP contribution in [0, 0.1) is 0 Å². The summed E-state index contributed by atoms with van der Waals surface area (Å²) in [5.74, 6) is 8.32. The fourth-order valence-corrected chi connectivity index (χ4v) is 5.84. The largest absolute Gasteiger partial charge is 0.271 e. The molecule has 0 saturated carbocycles. The van der Waals surface area contributed by atoms with Gasteiger partial charge in [0.2, 0.25) is 0 Å². The van der Waals surface area contributed by atoms with E-state index in [9.17, 15) is 0 Å². The zero-order valence-corrected chi connectivity index (χ0v) is 14.0. The molecule has 3 nitrogen and oxygen atoms in total. The van der Waals surface area contributed by atoms with Gasteiger partial charge < -0.3 is 0 Å². The van der Waals surface area contributed by atoms with Gasteiger partial charge in [-0.1, -0.05) is 19.9 Å². The molecule has 0 aromatic carbocycles. The Bertz CT molecular complexity index is 397. The molecule has 2 heterocycles. The maximum absolute atomic E-state index is 5.82. The molecule has 1 saturated heterocycles. The van der Waals surface area contributed by atoms with Gasteiger partial charge in [-0.05, 0) is 24.5 Å². The molecule has 5 heteroatoms. The van der Waals surface area contributed by atoms with Gasteiger partial charge in [0.25, 0.3) is 0 Å². The molecule has 1 aromatic rings. The molecule has 3 unspecified atom stereocenters. The Hall–Kier alpha value is -0.230. The maximum Gasteiger partial charge on any atom is 0.0420 e. The summed E-state index contributed by atoms with van der Waals surface area (Å²) in [6.45, 7) is 4.43. The summed E-state index contributed by atoms with van der Waals surface area (Å²) in [6.07, 6.45) is 5.15. The van der Waals surface area contributed by atoms with Crippen LogP contribution in [-0.2, 0) is 12.8 Å². The Morgan fingerprint density at radius 3 is 2.75 bits per heavy atom. The summed E-state index contributed by atoms with van der Waals surface area (Å²) in [5.41, 5.74) is 5.47. The lowest BCUT2D eigenvalue weighted by atomic mass is 10.0. The van der Waals surface area contributed by atoms with E-state index in [1.54, 1.807) is 0 Å². The molecule has 0 radical (unpaired) electrons. The normalized spacial score (nSPS) is 24.6. The third-order valence-electron chi connectivity index (χ3n) is 3.83. The molecule has 0 aliphatic carbocycles. The van der Waals surface area contributed by atoms with E-state index in [0.717, 1.165) is 18.5 Å². The van der Waals surface area contributed by atoms with Gasteiger partial charge in [0.15, 0.2) is 0 Å². The van der Waals surface area contributed by atoms with Crippen molar-refractivity contribution in [3.05, 3.63) is 29.6 Å². The smallest absolute Gasteiger partial charge is 0.0420 e. The van der Waals surface area contributed by atoms with E-state index in [0.29, 0.717) is 16.5 Å². The van der Waals surface area contributed by atoms with Crippen molar-refractivity contribution >= 4 is 23.5 Å². The van der Waals surface area contributed by atoms with E-state index in [4.69, 9.17) is 5.84 Å². The van der Waals surface area contributed by atoms with Crippen LogP contribution in [0.4, 0.5) is 0 Å². The van der Waals surface area contributed by atoms with E-state index < -0.39 is 0 Å². The van der Waals surface area contributed by atoms with E-state index in [1.165, 1.54) is 23.5 Å². The molecule has 1 fully saturated rings. The predicted molar refractivity (Wildman–Crippen MR) is 91.2 cm³/mol. The molecule has 1 aliphatic heterocycles. The summed E-state index contributed by atoms with van der Waals surface area (Å²) in [4.78, 5) is 4.57. The molecule has 1 aromatic heterocycles. The average molecular weight is 312 g/mol. The number of thioether (sulfide) groups is 2. The molecule has 112 valence electrons. The van der Waals surface area contributed by atoms with Crippen LogP contribution in [0.2, 0.25) is 0 Å². The SMILES string of the molecule is CCc1ccc(CC(NN)C2SCCSC2CC)nc1. The fraction of sp³-hybridized carbons (Fsp3) is 0.667. The highest BCUT2D eigenvalue weighted by Gasteiger charge is 2.31. The molecule has 3 N–H and O–H groups in total. The van der Waals surface area contributed by atoms with Gasteiger partial charge in [-0.25, -0.2) is 0 Å². The summed E-state index contributed by atoms with van der Waals surface area (Å²) >= 11 is 4.16. The monoisotopic (exact) mass is 311 g/mol. The molecule has 0 bridgehead atoms. The van der Waals surface area contributed by atoms with Crippen LogP contribution >= 0.6 is 23.5 Å². The van der Waals surface area contributed by atoms with Crippen molar-refractivity contribution < 1.29 is 0 Å². The van der Waals surface area contributed by atoms with Gasteiger partial charge in [-0.3, -0.25) is 16.3 Å². The van der Waals surface area contributed by atoms with Crippen LogP contribution in [0.3, 0.4) is 0 Å². The van der Waals surface area contributed by atoms with Crippen molar-refractivity contribution in [1.82, 2.24) is 10.4 Å². The molecule has 0 amide bonds. The highest BCUT2D eigenvalue weighted by atomic mass is 32.2. The summed E-state index contributed by atoms with van der Waals surface area (Å²) in [5, 5.41) is 1.28. The summed E-state index contributed by atoms with van der Waals surface area (Å²) in [7, 11) is 0. The number of pyridine rings is 1. The number of aryl methyl sites for hydroxylation is 1. The second kappa shape index (κ2) is 8.27. The van der Waals surface area contributed by atoms with Crippen molar-refractivity contribution in [3.63, 3.8) is 0 Å². The van der Waals surface area contributed by atoms with E-state index in [2.05, 4.69) is 59.9 Å². The standard InChI is InChI=1S/C15H25N3S2/c1-3-11-5-6-12(17-10-11)9-13(18-16)15-14(4-2)19-7-8-20-15/h5-6,10,13-15,18H,3-4,7-9,16H2,1-2H3. The first-order chi connectivity index (χ1) is 9.78. The minimum atomic E-state index is 0.303. The minimum absolute atomic E-state index is 0.303. The Morgan fingerprint density at radius 2 is 2.15 bits per heavy atom. The van der Waals surface area contributed by atoms with Crippen molar-refractivity contribution in [2.45, 2.75) is 49.7 Å². The van der Waals surface area contributed by atoms with Crippen molar-refractivity contribution in [2.24, 2.45) is 5.84 Å². The number of aromatic nitrogens is 1. The number of rotatable bonds is 6. The first kappa shape index (κ1) is 16.1. The van der Waals surface area contributed by atoms with Crippen LogP contribution in [0.1, 0.15) is 31.5 Å². The van der Waals surface area contributed by atoms with Crippen molar-refractivity contribution in [2.75, 3.05) is 11.5 Å². The second-order valence-electron chi connectivity index (χ2n) is 5.14. The lowest BCUT2D eigenvalue weighted by molar-refractivity contribution is 0.486. The van der Waals surface area contributed by atoms with Crippen LogP contribution in [0.5, 0.6) is 0 Å². The zero-order chi connectivity index (χ0) is 14.4. The maximum atomic E-state index is 5.82. The Morgan fingerprint density at radius 1 is 1.35 bits per heavy atom. The van der Waals surface area contributed by atoms with Crippen LogP contribution < -0.4 is 11.3 Å². The minimum Gasteiger partial charge on any atom is -0.271 e. The fourth-order valence-electron chi connectivity index (χ4n) is 2.59. The number of hydrogen-bond donors (Lipinski definition) is 2. The van der Waals surface area contributed by atoms with Gasteiger partial charge in [0.1, 0.15) is 0 Å². The highest BCUT2D eigenvalue weighted by molar-refractivity contribution is 8.07. The molecular weight excluding hydrogens is 286 g/mol. The average Bonchev–Trinajstić information content (AvgIpc) is 2.53. The van der Waals surface area contributed by atoms with Gasteiger partial charge in [-0.2, -0.15) is 23.5 Å². The molecule has 1 aliphatic rings. The summed E-state index contributed by atoms with van der Waals surface area (Å²) in [6, 6.07) is 4.62. The van der Waals surface area contributed by atoms with Gasteiger partial charge >= 0.3 is 0 Å². The first-order valence-electron chi connectivity index (χ1n) is 7.41. The second-order valence-corrected chi connectivity index (χ2v) is 7.77. The Kier molecular flexibility index (Phi) is 6.68. The molecule has 20 heavy (non-hydrogen) atoms. The van der Waals surface area contributed by atoms with Crippen LogP contribution in [-0.4, -0.2) is 33.0 Å². The lowest BCUT2D eigenvalue weighted by Gasteiger charge is -2.35. The zero-order valence-electron chi connectivity index (χ0n) is 12.3. The lowest BCUT2D eigenvalue weighted by Crippen LogP contribution is -2.49. The Balaban J connectivity index is 2.02. The molecule has 2 rings (SSSR count). The number of nitrogens with zero attached hydrogens (tertiary/aromatic N) is 1. The van der Waals surface area contributed by atoms with Gasteiger partial charge in [-0.15, -0.1) is 0 Å². The van der Waals surface area contributed by atoms with Crippen LogP contribution in [0.25, 0.3) is 0 Å². The third-order valence-corrected chi connectivity index (χ3v) is 7.24. The number of hydrazine groups is 1.